The Morgan fingerprint density at radius 3 is 2.45 bits per heavy atom. The Bertz CT molecular complexity index is 1020. The molecule has 1 heterocycles. The van der Waals surface area contributed by atoms with Gasteiger partial charge in [-0.05, 0) is 61.4 Å². The van der Waals surface area contributed by atoms with Gasteiger partial charge in [-0.15, -0.1) is 0 Å². The van der Waals surface area contributed by atoms with Crippen molar-refractivity contribution in [1.29, 1.82) is 0 Å². The molecule has 3 rings (SSSR count). The minimum Gasteiger partial charge on any atom is -0.456 e. The van der Waals surface area contributed by atoms with Crippen LogP contribution in [0.25, 0.3) is 0 Å². The van der Waals surface area contributed by atoms with Crippen LogP contribution in [0.5, 0.6) is 11.5 Å². The van der Waals surface area contributed by atoms with Gasteiger partial charge in [-0.1, -0.05) is 39.2 Å². The molecule has 31 heavy (non-hydrogen) atoms. The average molecular weight is 446 g/mol. The second kappa shape index (κ2) is 9.92. The van der Waals surface area contributed by atoms with Crippen molar-refractivity contribution in [3.8, 4) is 11.5 Å². The number of rotatable bonds is 9. The fraction of sp³-hybridized carbons (Fsp3) is 0.500. The molecule has 1 N–H and O–H groups in total. The van der Waals surface area contributed by atoms with Crippen LogP contribution in [0, 0.1) is 30.6 Å². The van der Waals surface area contributed by atoms with Crippen molar-refractivity contribution in [2.24, 2.45) is 11.8 Å². The summed E-state index contributed by atoms with van der Waals surface area (Å²) in [5.74, 6) is 1.70. The number of nitroso groups, excluding NO2 is 1. The largest absolute Gasteiger partial charge is 0.456 e. The summed E-state index contributed by atoms with van der Waals surface area (Å²) >= 11 is 0. The van der Waals surface area contributed by atoms with E-state index in [2.05, 4.69) is 13.8 Å². The number of aryl methyl sites for hydroxylation is 2. The predicted octanol–water partition coefficient (Wildman–Crippen LogP) is 4.41. The quantitative estimate of drug-likeness (QED) is 0.620. The number of sulfonamides is 1. The molecule has 2 atom stereocenters. The van der Waals surface area contributed by atoms with Gasteiger partial charge in [0.2, 0.25) is 10.0 Å². The van der Waals surface area contributed by atoms with Gasteiger partial charge in [-0.25, -0.2) is 8.42 Å². The van der Waals surface area contributed by atoms with Crippen molar-refractivity contribution in [3.63, 3.8) is 0 Å². The third-order valence-electron chi connectivity index (χ3n) is 6.14. The second-order valence-corrected chi connectivity index (χ2v) is 10.5. The number of nitrogens with one attached hydrogen (secondary N) is 1. The fourth-order valence-electron chi connectivity index (χ4n) is 4.62. The lowest BCUT2D eigenvalue weighted by molar-refractivity contribution is -0.379. The van der Waals surface area contributed by atoms with E-state index in [1.165, 1.54) is 12.1 Å². The van der Waals surface area contributed by atoms with Crippen molar-refractivity contribution in [2.45, 2.75) is 58.3 Å². The summed E-state index contributed by atoms with van der Waals surface area (Å²) in [4.78, 5) is 11.3. The zero-order valence-electron chi connectivity index (χ0n) is 18.8. The summed E-state index contributed by atoms with van der Waals surface area (Å²) in [6, 6.07) is 10.2. The van der Waals surface area contributed by atoms with Crippen LogP contribution in [0.15, 0.2) is 41.3 Å². The summed E-state index contributed by atoms with van der Waals surface area (Å²) in [6.07, 6.45) is 4.14. The van der Waals surface area contributed by atoms with E-state index < -0.39 is 10.0 Å². The van der Waals surface area contributed by atoms with Crippen LogP contribution in [-0.4, -0.2) is 25.8 Å². The van der Waals surface area contributed by atoms with Crippen LogP contribution < -0.4 is 9.91 Å². The number of hydrogen-bond acceptors (Lipinski definition) is 4. The Morgan fingerprint density at radius 2 is 1.84 bits per heavy atom. The van der Waals surface area contributed by atoms with Gasteiger partial charge in [0, 0.05) is 35.3 Å². The number of benzene rings is 2. The van der Waals surface area contributed by atoms with E-state index in [9.17, 15) is 13.3 Å². The predicted molar refractivity (Wildman–Crippen MR) is 122 cm³/mol. The summed E-state index contributed by atoms with van der Waals surface area (Å²) < 4.78 is 34.7. The molecule has 0 saturated carbocycles. The van der Waals surface area contributed by atoms with Gasteiger partial charge >= 0.3 is 0 Å². The molecule has 1 aliphatic heterocycles. The van der Waals surface area contributed by atoms with Gasteiger partial charge in [-0.2, -0.15) is 4.31 Å². The van der Waals surface area contributed by atoms with Crippen LogP contribution in [0.1, 0.15) is 50.7 Å². The van der Waals surface area contributed by atoms with Crippen LogP contribution in [0.3, 0.4) is 0 Å². The van der Waals surface area contributed by atoms with Crippen molar-refractivity contribution in [1.82, 2.24) is 4.31 Å². The Hall–Kier alpha value is -2.25. The standard InChI is InChI=1S/C24H32N2O4S/c1-5-7-19(6-2)20-10-11-26(16-20)31(28,29)24-15-21(25-27)8-9-23(24)30-22-13-17(3)12-18(4)14-22/h8-9,12-15,19-20H,5-7,10-11,16H2,1-4H3/p+1/t19?,20-/m1/s1. The fourth-order valence-corrected chi connectivity index (χ4v) is 6.27. The molecule has 1 saturated heterocycles. The highest BCUT2D eigenvalue weighted by molar-refractivity contribution is 7.89. The molecule has 6 nitrogen and oxygen atoms in total. The first kappa shape index (κ1) is 23.4. The first-order valence-electron chi connectivity index (χ1n) is 11.1. The Balaban J connectivity index is 1.93. The topological polar surface area (TPSA) is 77.7 Å². The summed E-state index contributed by atoms with van der Waals surface area (Å²) in [5, 5.41) is 1.80. The smallest absolute Gasteiger partial charge is 0.254 e. The van der Waals surface area contributed by atoms with Gasteiger partial charge in [-0.3, -0.25) is 0 Å². The molecule has 0 spiro atoms. The van der Waals surface area contributed by atoms with Crippen LogP contribution in [-0.2, 0) is 10.0 Å². The molecule has 2 aromatic rings. The van der Waals surface area contributed by atoms with E-state index in [4.69, 9.17) is 4.74 Å². The maximum atomic E-state index is 13.6. The minimum atomic E-state index is -3.80. The Kier molecular flexibility index (Phi) is 7.49. The lowest BCUT2D eigenvalue weighted by Gasteiger charge is -2.23. The molecule has 7 heteroatoms. The van der Waals surface area contributed by atoms with Crippen LogP contribution >= 0.6 is 0 Å². The van der Waals surface area contributed by atoms with Gasteiger partial charge < -0.3 is 4.74 Å². The lowest BCUT2D eigenvalue weighted by Crippen LogP contribution is -2.55. The van der Waals surface area contributed by atoms with Crippen molar-refractivity contribution >= 4 is 15.7 Å². The molecule has 168 valence electrons. The first-order valence-corrected chi connectivity index (χ1v) is 12.5. The van der Waals surface area contributed by atoms with E-state index in [1.807, 2.05) is 32.0 Å². The van der Waals surface area contributed by atoms with E-state index in [-0.39, 0.29) is 16.3 Å². The van der Waals surface area contributed by atoms with Crippen molar-refractivity contribution in [2.75, 3.05) is 13.1 Å². The maximum absolute atomic E-state index is 13.6. The molecule has 0 aromatic heterocycles. The third-order valence-corrected chi connectivity index (χ3v) is 8.03. The van der Waals surface area contributed by atoms with Crippen molar-refractivity contribution in [3.05, 3.63) is 52.4 Å². The van der Waals surface area contributed by atoms with E-state index in [1.54, 1.807) is 15.5 Å². The first-order chi connectivity index (χ1) is 14.8. The van der Waals surface area contributed by atoms with Gasteiger partial charge in [0.05, 0.1) is 0 Å². The Labute approximate surface area is 185 Å². The number of ether oxygens (including phenoxy) is 1. The zero-order chi connectivity index (χ0) is 22.6. The number of hydrogen-bond donors (Lipinski definition) is 1. The molecule has 1 fully saturated rings. The molecule has 2 aromatic carbocycles. The van der Waals surface area contributed by atoms with Crippen LogP contribution in [0.2, 0.25) is 0 Å². The van der Waals surface area contributed by atoms with Gasteiger partial charge in [0.15, 0.2) is 0 Å². The molecule has 0 bridgehead atoms. The normalized spacial score (nSPS) is 18.1. The summed E-state index contributed by atoms with van der Waals surface area (Å²) in [5.41, 5.74) is 2.25. The lowest BCUT2D eigenvalue weighted by atomic mass is 9.86. The third kappa shape index (κ3) is 5.33. The highest BCUT2D eigenvalue weighted by Crippen LogP contribution is 2.37. The van der Waals surface area contributed by atoms with Gasteiger partial charge in [0.25, 0.3) is 5.69 Å². The maximum Gasteiger partial charge on any atom is 0.254 e. The molecule has 1 aliphatic rings. The second-order valence-electron chi connectivity index (χ2n) is 8.56. The molecule has 0 radical (unpaired) electrons. The average Bonchev–Trinajstić information content (AvgIpc) is 3.22. The highest BCUT2D eigenvalue weighted by atomic mass is 32.2. The highest BCUT2D eigenvalue weighted by Gasteiger charge is 2.37. The zero-order valence-corrected chi connectivity index (χ0v) is 19.7. The monoisotopic (exact) mass is 445 g/mol. The molecular formula is C24H33N2O4S+. The molecule has 1 unspecified atom stereocenters. The minimum absolute atomic E-state index is 0.0247. The molecule has 0 aliphatic carbocycles. The van der Waals surface area contributed by atoms with E-state index >= 15 is 0 Å². The Morgan fingerprint density at radius 1 is 1.13 bits per heavy atom. The number of nitrogens with zero attached hydrogens (tertiary/aromatic N) is 1. The van der Waals surface area contributed by atoms with Gasteiger partial charge in [0.1, 0.15) is 16.4 Å². The van der Waals surface area contributed by atoms with E-state index in [0.717, 1.165) is 36.8 Å². The molecule has 0 amide bonds. The van der Waals surface area contributed by atoms with Crippen LogP contribution in [0.4, 0.5) is 5.69 Å². The van der Waals surface area contributed by atoms with Crippen molar-refractivity contribution < 1.29 is 18.3 Å². The summed E-state index contributed by atoms with van der Waals surface area (Å²) in [7, 11) is -3.80. The van der Waals surface area contributed by atoms with E-state index in [0.29, 0.717) is 30.7 Å². The molecular weight excluding hydrogens is 412 g/mol. The summed E-state index contributed by atoms with van der Waals surface area (Å²) in [6.45, 7) is 9.28. The SMILES string of the molecule is CCCC(CC)[C@@H]1CCN(S(=O)(=O)c2cc([NH+]=O)ccc2Oc2cc(C)cc(C)c2)C1.